The van der Waals surface area contributed by atoms with E-state index in [-0.39, 0.29) is 0 Å². The molecule has 0 atom stereocenters. The van der Waals surface area contributed by atoms with E-state index in [4.69, 9.17) is 22.1 Å². The van der Waals surface area contributed by atoms with Crippen molar-refractivity contribution < 1.29 is 4.74 Å². The third kappa shape index (κ3) is 2.93. The predicted octanol–water partition coefficient (Wildman–Crippen LogP) is 3.77. The Morgan fingerprint density at radius 3 is 2.89 bits per heavy atom. The average Bonchev–Trinajstić information content (AvgIpc) is 2.39. The van der Waals surface area contributed by atoms with E-state index in [1.807, 2.05) is 12.1 Å². The molecule has 0 aliphatic heterocycles. The maximum absolute atomic E-state index is 5.98. The Hall–Kier alpha value is -1.74. The number of nitrogens with two attached hydrogens (primary N) is 1. The largest absolute Gasteiger partial charge is 0.492 e. The summed E-state index contributed by atoms with van der Waals surface area (Å²) >= 11 is 5.98. The zero-order valence-corrected chi connectivity index (χ0v) is 10.9. The van der Waals surface area contributed by atoms with E-state index in [1.54, 1.807) is 24.5 Å². The van der Waals surface area contributed by atoms with Gasteiger partial charge in [-0.15, -0.1) is 0 Å². The molecule has 0 fully saturated rings. The minimum atomic E-state index is 0.652. The van der Waals surface area contributed by atoms with Crippen molar-refractivity contribution in [2.45, 2.75) is 13.3 Å². The van der Waals surface area contributed by atoms with Crippen molar-refractivity contribution in [1.29, 1.82) is 0 Å². The first-order valence-corrected chi connectivity index (χ1v) is 6.21. The van der Waals surface area contributed by atoms with E-state index in [0.29, 0.717) is 17.3 Å². The molecule has 0 aliphatic rings. The third-order valence-corrected chi connectivity index (χ3v) is 2.75. The summed E-state index contributed by atoms with van der Waals surface area (Å²) in [5, 5.41) is 0.652. The molecule has 2 aromatic rings. The highest BCUT2D eigenvalue weighted by Crippen LogP contribution is 2.30. The Balaban J connectivity index is 2.35. The Morgan fingerprint density at radius 2 is 2.11 bits per heavy atom. The Bertz CT molecular complexity index is 543. The molecule has 2 N–H and O–H groups in total. The molecule has 0 radical (unpaired) electrons. The normalized spacial score (nSPS) is 10.3. The molecule has 94 valence electrons. The summed E-state index contributed by atoms with van der Waals surface area (Å²) in [4.78, 5) is 4.16. The smallest absolute Gasteiger partial charge is 0.138 e. The SMILES string of the molecule is CCCOc1cncc(-c2cc(Cl)ccc2N)c1. The minimum Gasteiger partial charge on any atom is -0.492 e. The lowest BCUT2D eigenvalue weighted by atomic mass is 10.1. The van der Waals surface area contributed by atoms with Crippen LogP contribution in [0.25, 0.3) is 11.1 Å². The van der Waals surface area contributed by atoms with Gasteiger partial charge in [-0.25, -0.2) is 0 Å². The maximum Gasteiger partial charge on any atom is 0.138 e. The molecule has 18 heavy (non-hydrogen) atoms. The molecular weight excluding hydrogens is 248 g/mol. The molecule has 0 saturated carbocycles. The Labute approximate surface area is 112 Å². The lowest BCUT2D eigenvalue weighted by molar-refractivity contribution is 0.316. The summed E-state index contributed by atoms with van der Waals surface area (Å²) in [5.41, 5.74) is 8.40. The number of ether oxygens (including phenoxy) is 1. The van der Waals surface area contributed by atoms with Gasteiger partial charge in [0.05, 0.1) is 12.8 Å². The molecule has 2 rings (SSSR count). The van der Waals surface area contributed by atoms with Gasteiger partial charge in [-0.3, -0.25) is 4.98 Å². The van der Waals surface area contributed by atoms with Gasteiger partial charge in [0, 0.05) is 28.0 Å². The lowest BCUT2D eigenvalue weighted by Crippen LogP contribution is -1.96. The monoisotopic (exact) mass is 262 g/mol. The second kappa shape index (κ2) is 5.74. The van der Waals surface area contributed by atoms with Crippen LogP contribution in [-0.2, 0) is 0 Å². The van der Waals surface area contributed by atoms with Gasteiger partial charge in [0.15, 0.2) is 0 Å². The fraction of sp³-hybridized carbons (Fsp3) is 0.214. The number of benzene rings is 1. The van der Waals surface area contributed by atoms with Crippen molar-refractivity contribution in [1.82, 2.24) is 4.98 Å². The van der Waals surface area contributed by atoms with Gasteiger partial charge in [-0.1, -0.05) is 18.5 Å². The Kier molecular flexibility index (Phi) is 4.05. The molecule has 1 heterocycles. The van der Waals surface area contributed by atoms with Crippen LogP contribution in [0.1, 0.15) is 13.3 Å². The van der Waals surface area contributed by atoms with E-state index in [1.165, 1.54) is 0 Å². The number of hydrogen-bond donors (Lipinski definition) is 1. The van der Waals surface area contributed by atoms with Crippen molar-refractivity contribution in [3.63, 3.8) is 0 Å². The highest BCUT2D eigenvalue weighted by Gasteiger charge is 2.05. The summed E-state index contributed by atoms with van der Waals surface area (Å²) in [6, 6.07) is 7.31. The molecule has 0 bridgehead atoms. The Morgan fingerprint density at radius 1 is 1.28 bits per heavy atom. The van der Waals surface area contributed by atoms with Crippen LogP contribution in [0, 0.1) is 0 Å². The van der Waals surface area contributed by atoms with Crippen LogP contribution in [-0.4, -0.2) is 11.6 Å². The van der Waals surface area contributed by atoms with Crippen LogP contribution in [0.15, 0.2) is 36.7 Å². The first-order valence-electron chi connectivity index (χ1n) is 5.84. The average molecular weight is 263 g/mol. The molecule has 0 saturated heterocycles. The van der Waals surface area contributed by atoms with E-state index < -0.39 is 0 Å². The van der Waals surface area contributed by atoms with E-state index >= 15 is 0 Å². The van der Waals surface area contributed by atoms with Gasteiger partial charge < -0.3 is 10.5 Å². The summed E-state index contributed by atoms with van der Waals surface area (Å²) in [6.07, 6.45) is 4.41. The zero-order chi connectivity index (χ0) is 13.0. The fourth-order valence-electron chi connectivity index (χ4n) is 1.64. The summed E-state index contributed by atoms with van der Waals surface area (Å²) < 4.78 is 5.55. The number of hydrogen-bond acceptors (Lipinski definition) is 3. The summed E-state index contributed by atoms with van der Waals surface area (Å²) in [7, 11) is 0. The van der Waals surface area contributed by atoms with Crippen molar-refractivity contribution >= 4 is 17.3 Å². The highest BCUT2D eigenvalue weighted by atomic mass is 35.5. The summed E-state index contributed by atoms with van der Waals surface area (Å²) in [6.45, 7) is 2.74. The second-order valence-corrected chi connectivity index (χ2v) is 4.43. The number of nitrogens with zero attached hydrogens (tertiary/aromatic N) is 1. The minimum absolute atomic E-state index is 0.652. The van der Waals surface area contributed by atoms with Gasteiger partial charge in [-0.2, -0.15) is 0 Å². The predicted molar refractivity (Wildman–Crippen MR) is 74.9 cm³/mol. The van der Waals surface area contributed by atoms with Gasteiger partial charge in [0.2, 0.25) is 0 Å². The molecule has 0 spiro atoms. The quantitative estimate of drug-likeness (QED) is 0.853. The zero-order valence-electron chi connectivity index (χ0n) is 10.2. The standard InChI is InChI=1S/C14H15ClN2O/c1-2-5-18-12-6-10(8-17-9-12)13-7-11(15)3-4-14(13)16/h3-4,6-9H,2,5,16H2,1H3. The number of aromatic nitrogens is 1. The van der Waals surface area contributed by atoms with Crippen LogP contribution < -0.4 is 10.5 Å². The van der Waals surface area contributed by atoms with Crippen LogP contribution in [0.2, 0.25) is 5.02 Å². The lowest BCUT2D eigenvalue weighted by Gasteiger charge is -2.09. The third-order valence-electron chi connectivity index (χ3n) is 2.51. The van der Waals surface area contributed by atoms with Crippen molar-refractivity contribution in [2.24, 2.45) is 0 Å². The van der Waals surface area contributed by atoms with Crippen LogP contribution >= 0.6 is 11.6 Å². The number of halogens is 1. The van der Waals surface area contributed by atoms with Crippen LogP contribution in [0.5, 0.6) is 5.75 Å². The number of anilines is 1. The first-order chi connectivity index (χ1) is 8.70. The molecule has 0 aliphatic carbocycles. The molecule has 1 aromatic carbocycles. The summed E-state index contributed by atoms with van der Waals surface area (Å²) in [5.74, 6) is 0.744. The van der Waals surface area contributed by atoms with Crippen LogP contribution in [0.4, 0.5) is 5.69 Å². The number of pyridine rings is 1. The molecule has 0 amide bonds. The molecule has 3 nitrogen and oxygen atoms in total. The molecular formula is C14H15ClN2O. The van der Waals surface area contributed by atoms with Crippen LogP contribution in [0.3, 0.4) is 0 Å². The molecule has 0 unspecified atom stereocenters. The number of rotatable bonds is 4. The first kappa shape index (κ1) is 12.7. The highest BCUT2D eigenvalue weighted by molar-refractivity contribution is 6.31. The second-order valence-electron chi connectivity index (χ2n) is 3.99. The maximum atomic E-state index is 5.98. The fourth-order valence-corrected chi connectivity index (χ4v) is 1.82. The van der Waals surface area contributed by atoms with Gasteiger partial charge in [-0.05, 0) is 30.7 Å². The van der Waals surface area contributed by atoms with E-state index in [0.717, 1.165) is 23.3 Å². The van der Waals surface area contributed by atoms with Gasteiger partial charge in [0.25, 0.3) is 0 Å². The van der Waals surface area contributed by atoms with E-state index in [2.05, 4.69) is 11.9 Å². The number of nitrogen functional groups attached to an aromatic ring is 1. The molecule has 1 aromatic heterocycles. The van der Waals surface area contributed by atoms with Gasteiger partial charge in [0.1, 0.15) is 5.75 Å². The van der Waals surface area contributed by atoms with Crippen molar-refractivity contribution in [2.75, 3.05) is 12.3 Å². The topological polar surface area (TPSA) is 48.1 Å². The van der Waals surface area contributed by atoms with Crippen molar-refractivity contribution in [3.05, 3.63) is 41.7 Å². The van der Waals surface area contributed by atoms with E-state index in [9.17, 15) is 0 Å². The van der Waals surface area contributed by atoms with Crippen molar-refractivity contribution in [3.8, 4) is 16.9 Å². The molecule has 4 heteroatoms. The van der Waals surface area contributed by atoms with Gasteiger partial charge >= 0.3 is 0 Å².